The van der Waals surface area contributed by atoms with Crippen LogP contribution in [0.4, 0.5) is 0 Å². The lowest BCUT2D eigenvalue weighted by atomic mass is 10.1. The van der Waals surface area contributed by atoms with E-state index >= 15 is 0 Å². The van der Waals surface area contributed by atoms with E-state index in [9.17, 15) is 4.79 Å². The molecule has 5 aromatic rings. The van der Waals surface area contributed by atoms with Crippen molar-refractivity contribution >= 4 is 44.9 Å². The highest BCUT2D eigenvalue weighted by Crippen LogP contribution is 2.35. The van der Waals surface area contributed by atoms with Crippen LogP contribution in [0.2, 0.25) is 5.02 Å². The van der Waals surface area contributed by atoms with Crippen LogP contribution in [0.3, 0.4) is 0 Å². The number of thiophene rings is 1. The van der Waals surface area contributed by atoms with Gasteiger partial charge >= 0.3 is 0 Å². The zero-order chi connectivity index (χ0) is 22.2. The van der Waals surface area contributed by atoms with Gasteiger partial charge in [-0.05, 0) is 26.0 Å². The van der Waals surface area contributed by atoms with Crippen molar-refractivity contribution < 1.29 is 4.42 Å². The lowest BCUT2D eigenvalue weighted by Gasteiger charge is -2.07. The number of nitrogens with one attached hydrogen (secondary N) is 1. The minimum Gasteiger partial charge on any atom is -0.469 e. The van der Waals surface area contributed by atoms with Crippen LogP contribution in [0.25, 0.3) is 32.7 Å². The molecular weight excluding hydrogens is 466 g/mol. The molecule has 0 bridgehead atoms. The average Bonchev–Trinajstić information content (AvgIpc) is 3.50. The number of aromatic nitrogens is 5. The highest BCUT2D eigenvalue weighted by Gasteiger charge is 2.18. The van der Waals surface area contributed by atoms with Gasteiger partial charge in [0.05, 0.1) is 23.0 Å². The van der Waals surface area contributed by atoms with Gasteiger partial charge in [0.2, 0.25) is 0 Å². The van der Waals surface area contributed by atoms with E-state index in [1.165, 1.54) is 23.1 Å². The van der Waals surface area contributed by atoms with Gasteiger partial charge in [-0.3, -0.25) is 4.79 Å². The molecule has 5 rings (SSSR count). The summed E-state index contributed by atoms with van der Waals surface area (Å²) in [6.45, 7) is 4.66. The number of furan rings is 1. The first kappa shape index (κ1) is 21.0. The third-order valence-electron chi connectivity index (χ3n) is 5.13. The Labute approximate surface area is 196 Å². The standard InChI is InChI=1S/C22H18ClN5O2S2/c1-3-28-19(13-8-9-30-12(13)2)26-27-22(28)32-11-17-24-20(29)18-15(10-31-21(18)25-17)14-6-4-5-7-16(14)23/h4-10H,3,11H2,1-2H3,(H,24,25,29). The molecule has 0 saturated heterocycles. The van der Waals surface area contributed by atoms with E-state index in [0.29, 0.717) is 33.4 Å². The molecule has 4 heterocycles. The number of aryl methyl sites for hydroxylation is 1. The van der Waals surface area contributed by atoms with Gasteiger partial charge in [-0.1, -0.05) is 41.6 Å². The third kappa shape index (κ3) is 3.66. The zero-order valence-corrected chi connectivity index (χ0v) is 19.6. The molecule has 1 N–H and O–H groups in total. The number of nitrogens with zero attached hydrogens (tertiary/aromatic N) is 4. The minimum atomic E-state index is -0.173. The highest BCUT2D eigenvalue weighted by atomic mass is 35.5. The van der Waals surface area contributed by atoms with Crippen LogP contribution in [0.1, 0.15) is 18.5 Å². The molecule has 10 heteroatoms. The molecule has 4 aromatic heterocycles. The fourth-order valence-electron chi connectivity index (χ4n) is 3.57. The van der Waals surface area contributed by atoms with Crippen LogP contribution < -0.4 is 5.56 Å². The number of thioether (sulfide) groups is 1. The first-order valence-corrected chi connectivity index (χ1v) is 12.2. The van der Waals surface area contributed by atoms with Crippen LogP contribution in [-0.4, -0.2) is 24.7 Å². The molecule has 0 amide bonds. The maximum Gasteiger partial charge on any atom is 0.260 e. The van der Waals surface area contributed by atoms with Gasteiger partial charge in [-0.15, -0.1) is 21.5 Å². The van der Waals surface area contributed by atoms with Crippen molar-refractivity contribution in [1.82, 2.24) is 24.7 Å². The zero-order valence-electron chi connectivity index (χ0n) is 17.3. The molecule has 0 radical (unpaired) electrons. The molecule has 0 aliphatic carbocycles. The molecule has 162 valence electrons. The largest absolute Gasteiger partial charge is 0.469 e. The second kappa shape index (κ2) is 8.57. The third-order valence-corrected chi connectivity index (χ3v) is 7.31. The molecule has 32 heavy (non-hydrogen) atoms. The molecular formula is C22H18ClN5O2S2. The lowest BCUT2D eigenvalue weighted by molar-refractivity contribution is 0.534. The number of fused-ring (bicyclic) bond motifs is 1. The Kier molecular flexibility index (Phi) is 5.62. The Bertz CT molecular complexity index is 1480. The average molecular weight is 484 g/mol. The minimum absolute atomic E-state index is 0.173. The summed E-state index contributed by atoms with van der Waals surface area (Å²) >= 11 is 9.26. The van der Waals surface area contributed by atoms with Crippen LogP contribution in [0.5, 0.6) is 0 Å². The Balaban J connectivity index is 1.44. The van der Waals surface area contributed by atoms with Crippen LogP contribution in [-0.2, 0) is 12.3 Å². The van der Waals surface area contributed by atoms with Gasteiger partial charge in [-0.25, -0.2) is 4.98 Å². The molecule has 7 nitrogen and oxygen atoms in total. The molecule has 0 aliphatic rings. The maximum absolute atomic E-state index is 12.9. The predicted molar refractivity (Wildman–Crippen MR) is 128 cm³/mol. The summed E-state index contributed by atoms with van der Waals surface area (Å²) < 4.78 is 7.44. The second-order valence-electron chi connectivity index (χ2n) is 7.05. The first-order chi connectivity index (χ1) is 15.6. The van der Waals surface area contributed by atoms with E-state index in [1.807, 2.05) is 54.1 Å². The van der Waals surface area contributed by atoms with Crippen LogP contribution in [0.15, 0.2) is 56.3 Å². The Morgan fingerprint density at radius 1 is 1.19 bits per heavy atom. The highest BCUT2D eigenvalue weighted by molar-refractivity contribution is 7.98. The molecule has 0 atom stereocenters. The number of hydrogen-bond acceptors (Lipinski definition) is 7. The van der Waals surface area contributed by atoms with Gasteiger partial charge in [0.15, 0.2) is 11.0 Å². The van der Waals surface area contributed by atoms with E-state index in [0.717, 1.165) is 33.4 Å². The van der Waals surface area contributed by atoms with Gasteiger partial charge < -0.3 is 14.0 Å². The normalized spacial score (nSPS) is 11.5. The molecule has 0 spiro atoms. The Morgan fingerprint density at radius 2 is 2.03 bits per heavy atom. The molecule has 0 aliphatic heterocycles. The monoisotopic (exact) mass is 483 g/mol. The summed E-state index contributed by atoms with van der Waals surface area (Å²) in [7, 11) is 0. The van der Waals surface area contributed by atoms with E-state index < -0.39 is 0 Å². The summed E-state index contributed by atoms with van der Waals surface area (Å²) in [6, 6.07) is 9.38. The molecule has 0 unspecified atom stereocenters. The van der Waals surface area contributed by atoms with Gasteiger partial charge in [0.25, 0.3) is 5.56 Å². The predicted octanol–water partition coefficient (Wildman–Crippen LogP) is 5.78. The van der Waals surface area contributed by atoms with Crippen molar-refractivity contribution in [1.29, 1.82) is 0 Å². The first-order valence-electron chi connectivity index (χ1n) is 9.92. The maximum atomic E-state index is 12.9. The fourth-order valence-corrected chi connectivity index (χ4v) is 5.64. The smallest absolute Gasteiger partial charge is 0.260 e. The Hall–Kier alpha value is -2.88. The quantitative estimate of drug-likeness (QED) is 0.308. The van der Waals surface area contributed by atoms with E-state index in [4.69, 9.17) is 16.0 Å². The van der Waals surface area contributed by atoms with Gasteiger partial charge in [0.1, 0.15) is 16.4 Å². The van der Waals surface area contributed by atoms with Crippen LogP contribution >= 0.6 is 34.7 Å². The van der Waals surface area contributed by atoms with E-state index in [-0.39, 0.29) is 5.56 Å². The number of rotatable bonds is 6. The SMILES string of the molecule is CCn1c(SCc2nc3scc(-c4ccccc4Cl)c3c(=O)[nH]2)nnc1-c1ccoc1C. The topological polar surface area (TPSA) is 89.6 Å². The molecule has 0 saturated carbocycles. The van der Waals surface area contributed by atoms with E-state index in [1.54, 1.807) is 6.26 Å². The van der Waals surface area contributed by atoms with Crippen molar-refractivity contribution in [3.8, 4) is 22.5 Å². The van der Waals surface area contributed by atoms with Crippen LogP contribution in [0, 0.1) is 6.92 Å². The number of hydrogen-bond donors (Lipinski definition) is 1. The lowest BCUT2D eigenvalue weighted by Crippen LogP contribution is -2.11. The van der Waals surface area contributed by atoms with Crippen molar-refractivity contribution in [3.05, 3.63) is 68.9 Å². The molecule has 1 aromatic carbocycles. The Morgan fingerprint density at radius 3 is 2.78 bits per heavy atom. The summed E-state index contributed by atoms with van der Waals surface area (Å²) in [4.78, 5) is 21.2. The van der Waals surface area contributed by atoms with Crippen molar-refractivity contribution in [2.75, 3.05) is 0 Å². The van der Waals surface area contributed by atoms with Crippen molar-refractivity contribution in [2.24, 2.45) is 0 Å². The molecule has 0 fully saturated rings. The summed E-state index contributed by atoms with van der Waals surface area (Å²) in [5.74, 6) is 2.62. The van der Waals surface area contributed by atoms with Gasteiger partial charge in [0, 0.05) is 28.1 Å². The number of H-pyrrole nitrogens is 1. The summed E-state index contributed by atoms with van der Waals surface area (Å²) in [5.41, 5.74) is 2.38. The second-order valence-corrected chi connectivity index (χ2v) is 9.26. The van der Waals surface area contributed by atoms with Crippen molar-refractivity contribution in [2.45, 2.75) is 31.3 Å². The number of aromatic amines is 1. The van der Waals surface area contributed by atoms with Crippen molar-refractivity contribution in [3.63, 3.8) is 0 Å². The number of benzene rings is 1. The summed E-state index contributed by atoms with van der Waals surface area (Å²) in [5, 5.41) is 12.5. The van der Waals surface area contributed by atoms with E-state index in [2.05, 4.69) is 20.2 Å². The number of halogens is 1. The van der Waals surface area contributed by atoms with Gasteiger partial charge in [-0.2, -0.15) is 0 Å². The fraction of sp³-hybridized carbons (Fsp3) is 0.182. The summed E-state index contributed by atoms with van der Waals surface area (Å²) in [6.07, 6.45) is 1.65.